The number of aryl methyl sites for hydroxylation is 1. The van der Waals surface area contributed by atoms with Gasteiger partial charge in [0.25, 0.3) is 0 Å². The van der Waals surface area contributed by atoms with Crippen LogP contribution in [0.15, 0.2) is 48.5 Å². The van der Waals surface area contributed by atoms with Crippen molar-refractivity contribution in [1.29, 1.82) is 0 Å². The lowest BCUT2D eigenvalue weighted by Gasteiger charge is -2.31. The van der Waals surface area contributed by atoms with E-state index in [1.165, 1.54) is 29.5 Å². The Hall–Kier alpha value is -2.38. The second-order valence-corrected chi connectivity index (χ2v) is 8.01. The van der Waals surface area contributed by atoms with E-state index >= 15 is 0 Å². The summed E-state index contributed by atoms with van der Waals surface area (Å²) in [6.07, 6.45) is 0.512. The van der Waals surface area contributed by atoms with Crippen molar-refractivity contribution in [3.05, 3.63) is 71.0 Å². The molecular formula is C21H24FN3O2S. The number of halogens is 1. The molecule has 1 fully saturated rings. The predicted octanol–water partition coefficient (Wildman–Crippen LogP) is 2.84. The quantitative estimate of drug-likeness (QED) is 0.667. The Morgan fingerprint density at radius 2 is 1.82 bits per heavy atom. The van der Waals surface area contributed by atoms with Crippen LogP contribution in [-0.2, 0) is 21.9 Å². The molecule has 1 saturated heterocycles. The van der Waals surface area contributed by atoms with Gasteiger partial charge in [0.2, 0.25) is 11.8 Å². The zero-order valence-corrected chi connectivity index (χ0v) is 16.5. The molecule has 1 aliphatic rings. The molecule has 2 amide bonds. The van der Waals surface area contributed by atoms with Crippen LogP contribution in [0.2, 0.25) is 0 Å². The highest BCUT2D eigenvalue weighted by Gasteiger charge is 2.27. The van der Waals surface area contributed by atoms with Gasteiger partial charge in [-0.15, -0.1) is 11.8 Å². The Morgan fingerprint density at radius 1 is 1.14 bits per heavy atom. The molecule has 0 spiro atoms. The molecule has 0 aromatic heterocycles. The van der Waals surface area contributed by atoms with Gasteiger partial charge < -0.3 is 10.6 Å². The van der Waals surface area contributed by atoms with Gasteiger partial charge >= 0.3 is 0 Å². The van der Waals surface area contributed by atoms with Gasteiger partial charge in [-0.1, -0.05) is 42.0 Å². The van der Waals surface area contributed by atoms with E-state index in [0.29, 0.717) is 12.3 Å². The average Bonchev–Trinajstić information content (AvgIpc) is 2.67. The lowest BCUT2D eigenvalue weighted by Crippen LogP contribution is -2.55. The lowest BCUT2D eigenvalue weighted by atomic mass is 10.1. The summed E-state index contributed by atoms with van der Waals surface area (Å²) in [5.41, 5.74) is 2.92. The molecule has 1 aliphatic heterocycles. The molecular weight excluding hydrogens is 377 g/mol. The molecule has 2 aromatic rings. The fraction of sp³-hybridized carbons (Fsp3) is 0.333. The normalized spacial score (nSPS) is 19.1. The second kappa shape index (κ2) is 9.71. The second-order valence-electron chi connectivity index (χ2n) is 6.92. The number of amides is 2. The topological polar surface area (TPSA) is 70.2 Å². The predicted molar refractivity (Wildman–Crippen MR) is 109 cm³/mol. The van der Waals surface area contributed by atoms with Crippen molar-refractivity contribution < 1.29 is 14.0 Å². The van der Waals surface area contributed by atoms with Crippen LogP contribution >= 0.6 is 11.8 Å². The van der Waals surface area contributed by atoms with Crippen LogP contribution in [0.5, 0.6) is 0 Å². The Labute approximate surface area is 168 Å². The molecule has 28 heavy (non-hydrogen) atoms. The van der Waals surface area contributed by atoms with Gasteiger partial charge in [0.05, 0.1) is 0 Å². The SMILES string of the molecule is Cc1ccc(CNC(=O)CC2CC(=O)NC(SCc3ccc(F)cc3)N2)cc1. The number of carbonyl (C=O) groups excluding carboxylic acids is 2. The van der Waals surface area contributed by atoms with E-state index in [2.05, 4.69) is 16.0 Å². The van der Waals surface area contributed by atoms with Crippen molar-refractivity contribution in [3.8, 4) is 0 Å². The van der Waals surface area contributed by atoms with E-state index in [0.717, 1.165) is 11.1 Å². The number of rotatable bonds is 7. The highest BCUT2D eigenvalue weighted by molar-refractivity contribution is 7.99. The molecule has 0 aliphatic carbocycles. The van der Waals surface area contributed by atoms with Gasteiger partial charge in [0.15, 0.2) is 0 Å². The molecule has 7 heteroatoms. The zero-order chi connectivity index (χ0) is 19.9. The Kier molecular flexibility index (Phi) is 7.06. The molecule has 1 heterocycles. The molecule has 0 saturated carbocycles. The maximum Gasteiger partial charge on any atom is 0.223 e. The van der Waals surface area contributed by atoms with Crippen molar-refractivity contribution in [3.63, 3.8) is 0 Å². The van der Waals surface area contributed by atoms with Crippen molar-refractivity contribution in [2.75, 3.05) is 0 Å². The van der Waals surface area contributed by atoms with Crippen molar-refractivity contribution in [1.82, 2.24) is 16.0 Å². The fourth-order valence-electron chi connectivity index (χ4n) is 2.93. The van der Waals surface area contributed by atoms with Crippen LogP contribution < -0.4 is 16.0 Å². The first-order chi connectivity index (χ1) is 13.5. The van der Waals surface area contributed by atoms with E-state index in [9.17, 15) is 14.0 Å². The van der Waals surface area contributed by atoms with Crippen LogP contribution in [0.25, 0.3) is 0 Å². The van der Waals surface area contributed by atoms with Gasteiger partial charge in [-0.05, 0) is 30.2 Å². The first kappa shape index (κ1) is 20.4. The van der Waals surface area contributed by atoms with Gasteiger partial charge in [-0.25, -0.2) is 4.39 Å². The number of nitrogens with one attached hydrogen (secondary N) is 3. The van der Waals surface area contributed by atoms with Crippen LogP contribution in [0, 0.1) is 12.7 Å². The first-order valence-corrected chi connectivity index (χ1v) is 10.3. The highest BCUT2D eigenvalue weighted by Crippen LogP contribution is 2.19. The minimum Gasteiger partial charge on any atom is -0.352 e. The summed E-state index contributed by atoms with van der Waals surface area (Å²) >= 11 is 1.51. The molecule has 0 radical (unpaired) electrons. The highest BCUT2D eigenvalue weighted by atomic mass is 32.2. The maximum atomic E-state index is 13.0. The van der Waals surface area contributed by atoms with Gasteiger partial charge in [0.1, 0.15) is 11.3 Å². The molecule has 2 aromatic carbocycles. The smallest absolute Gasteiger partial charge is 0.223 e. The van der Waals surface area contributed by atoms with E-state index in [1.54, 1.807) is 12.1 Å². The number of carbonyl (C=O) groups is 2. The minimum absolute atomic E-state index is 0.0771. The molecule has 2 atom stereocenters. The summed E-state index contributed by atoms with van der Waals surface area (Å²) in [5.74, 6) is 0.196. The summed E-state index contributed by atoms with van der Waals surface area (Å²) in [6, 6.07) is 14.1. The average molecular weight is 402 g/mol. The first-order valence-electron chi connectivity index (χ1n) is 9.21. The van der Waals surface area contributed by atoms with E-state index in [4.69, 9.17) is 0 Å². The number of hydrogen-bond acceptors (Lipinski definition) is 4. The third-order valence-corrected chi connectivity index (χ3v) is 5.57. The van der Waals surface area contributed by atoms with Crippen molar-refractivity contribution >= 4 is 23.6 Å². The minimum atomic E-state index is -0.277. The van der Waals surface area contributed by atoms with E-state index in [1.807, 2.05) is 31.2 Å². The molecule has 3 N–H and O–H groups in total. The number of thioether (sulfide) groups is 1. The van der Waals surface area contributed by atoms with Gasteiger partial charge in [0, 0.05) is 31.2 Å². The van der Waals surface area contributed by atoms with Crippen molar-refractivity contribution in [2.24, 2.45) is 0 Å². The van der Waals surface area contributed by atoms with Gasteiger partial charge in [-0.2, -0.15) is 0 Å². The third-order valence-electron chi connectivity index (χ3n) is 4.48. The van der Waals surface area contributed by atoms with Crippen LogP contribution in [0.3, 0.4) is 0 Å². The molecule has 2 unspecified atom stereocenters. The van der Waals surface area contributed by atoms with E-state index < -0.39 is 0 Å². The maximum absolute atomic E-state index is 13.0. The standard InChI is InChI=1S/C21H24FN3O2S/c1-14-2-4-15(5-3-14)12-23-19(26)10-18-11-20(27)25-21(24-18)28-13-16-6-8-17(22)9-7-16/h2-9,18,21,24H,10-13H2,1H3,(H,23,26)(H,25,27). The molecule has 5 nitrogen and oxygen atoms in total. The summed E-state index contributed by atoms with van der Waals surface area (Å²) in [6.45, 7) is 2.49. The van der Waals surface area contributed by atoms with Crippen LogP contribution in [0.4, 0.5) is 4.39 Å². The summed E-state index contributed by atoms with van der Waals surface area (Å²) < 4.78 is 13.0. The number of benzene rings is 2. The largest absolute Gasteiger partial charge is 0.352 e. The molecule has 3 rings (SSSR count). The summed E-state index contributed by atoms with van der Waals surface area (Å²) in [7, 11) is 0. The van der Waals surface area contributed by atoms with Crippen LogP contribution in [0.1, 0.15) is 29.5 Å². The Bertz CT molecular complexity index is 811. The lowest BCUT2D eigenvalue weighted by molar-refractivity contribution is -0.125. The summed E-state index contributed by atoms with van der Waals surface area (Å²) in [5, 5.41) is 9.08. The monoisotopic (exact) mass is 401 g/mol. The van der Waals surface area contributed by atoms with E-state index in [-0.39, 0.29) is 42.0 Å². The van der Waals surface area contributed by atoms with Crippen molar-refractivity contribution in [2.45, 2.75) is 43.6 Å². The van der Waals surface area contributed by atoms with Gasteiger partial charge in [-0.3, -0.25) is 14.9 Å². The molecule has 0 bridgehead atoms. The zero-order valence-electron chi connectivity index (χ0n) is 15.7. The Morgan fingerprint density at radius 3 is 2.54 bits per heavy atom. The molecule has 148 valence electrons. The van der Waals surface area contributed by atoms with Crippen LogP contribution in [-0.4, -0.2) is 23.4 Å². The summed E-state index contributed by atoms with van der Waals surface area (Å²) in [4.78, 5) is 24.2. The number of hydrogen-bond donors (Lipinski definition) is 3. The fourth-order valence-corrected chi connectivity index (χ4v) is 3.98. The Balaban J connectivity index is 1.45. The third kappa shape index (κ3) is 6.35.